The summed E-state index contributed by atoms with van der Waals surface area (Å²) in [7, 11) is 0. The van der Waals surface area contributed by atoms with E-state index in [0.717, 1.165) is 22.9 Å². The Morgan fingerprint density at radius 1 is 1.18 bits per heavy atom. The van der Waals surface area contributed by atoms with Crippen LogP contribution in [0.3, 0.4) is 0 Å². The van der Waals surface area contributed by atoms with Gasteiger partial charge < -0.3 is 5.73 Å². The molecule has 2 aromatic rings. The van der Waals surface area contributed by atoms with E-state index in [1.807, 2.05) is 19.9 Å². The topological polar surface area (TPSA) is 38.9 Å². The number of aromatic nitrogens is 1. The van der Waals surface area contributed by atoms with Crippen LogP contribution in [-0.4, -0.2) is 4.98 Å². The van der Waals surface area contributed by atoms with Gasteiger partial charge >= 0.3 is 0 Å². The zero-order chi connectivity index (χ0) is 16.4. The molecular weight excluding hydrogens is 282 g/mol. The third-order valence-electron chi connectivity index (χ3n) is 3.42. The molecule has 0 aliphatic rings. The van der Waals surface area contributed by atoms with Gasteiger partial charge in [-0.15, -0.1) is 0 Å². The van der Waals surface area contributed by atoms with Crippen LogP contribution in [-0.2, 0) is 0 Å². The zero-order valence-corrected chi connectivity index (χ0v) is 12.9. The van der Waals surface area contributed by atoms with Crippen LogP contribution >= 0.6 is 0 Å². The summed E-state index contributed by atoms with van der Waals surface area (Å²) in [6, 6.07) is 4.03. The average molecular weight is 300 g/mol. The molecule has 114 valence electrons. The molecule has 2 N–H and O–H groups in total. The molecule has 4 heteroatoms. The normalized spacial score (nSPS) is 11.6. The van der Waals surface area contributed by atoms with Gasteiger partial charge in [-0.25, -0.2) is 8.78 Å². The molecule has 0 aliphatic carbocycles. The molecule has 0 saturated heterocycles. The largest absolute Gasteiger partial charge is 0.396 e. The van der Waals surface area contributed by atoms with E-state index in [1.54, 1.807) is 19.2 Å². The van der Waals surface area contributed by atoms with Crippen molar-refractivity contribution in [3.05, 3.63) is 70.6 Å². The second-order valence-corrected chi connectivity index (χ2v) is 5.37. The lowest BCUT2D eigenvalue weighted by molar-refractivity contribution is 0.584. The van der Waals surface area contributed by atoms with Crippen molar-refractivity contribution < 1.29 is 8.78 Å². The maximum atomic E-state index is 14.1. The summed E-state index contributed by atoms with van der Waals surface area (Å²) in [4.78, 5) is 4.25. The van der Waals surface area contributed by atoms with Gasteiger partial charge in [0.1, 0.15) is 11.6 Å². The van der Waals surface area contributed by atoms with Crippen molar-refractivity contribution in [3.8, 4) is 0 Å². The number of rotatable bonds is 3. The van der Waals surface area contributed by atoms with Gasteiger partial charge in [-0.2, -0.15) is 0 Å². The molecule has 0 fully saturated rings. The number of allylic oxidation sites excluding steroid dienone is 2. The molecule has 0 aliphatic heterocycles. The Hall–Kier alpha value is -2.49. The summed E-state index contributed by atoms with van der Waals surface area (Å²) in [6.45, 7) is 9.50. The maximum Gasteiger partial charge on any atom is 0.149 e. The second kappa shape index (κ2) is 6.10. The summed E-state index contributed by atoms with van der Waals surface area (Å²) in [6.07, 6.45) is 3.51. The average Bonchev–Trinajstić information content (AvgIpc) is 2.42. The predicted molar refractivity (Wildman–Crippen MR) is 87.2 cm³/mol. The van der Waals surface area contributed by atoms with E-state index in [2.05, 4.69) is 11.6 Å². The van der Waals surface area contributed by atoms with Crippen LogP contribution < -0.4 is 5.73 Å². The third kappa shape index (κ3) is 3.22. The number of anilines is 1. The van der Waals surface area contributed by atoms with E-state index >= 15 is 0 Å². The van der Waals surface area contributed by atoms with Crippen LogP contribution in [0.25, 0.3) is 11.6 Å². The monoisotopic (exact) mass is 300 g/mol. The quantitative estimate of drug-likeness (QED) is 0.660. The fourth-order valence-corrected chi connectivity index (χ4v) is 2.22. The molecule has 0 atom stereocenters. The van der Waals surface area contributed by atoms with Crippen LogP contribution in [0.4, 0.5) is 14.5 Å². The van der Waals surface area contributed by atoms with Crippen molar-refractivity contribution in [2.75, 3.05) is 5.73 Å². The van der Waals surface area contributed by atoms with Crippen molar-refractivity contribution in [1.29, 1.82) is 0 Å². The fraction of sp³-hybridized carbons (Fsp3) is 0.167. The zero-order valence-electron chi connectivity index (χ0n) is 12.9. The Kier molecular flexibility index (Phi) is 4.40. The van der Waals surface area contributed by atoms with E-state index in [1.165, 1.54) is 6.07 Å². The summed E-state index contributed by atoms with van der Waals surface area (Å²) in [5.74, 6) is -1.44. The molecule has 0 amide bonds. The van der Waals surface area contributed by atoms with Crippen molar-refractivity contribution in [1.82, 2.24) is 4.98 Å². The second-order valence-electron chi connectivity index (χ2n) is 5.37. The number of nitrogens with two attached hydrogens (primary N) is 1. The van der Waals surface area contributed by atoms with Gasteiger partial charge in [0, 0.05) is 23.5 Å². The van der Waals surface area contributed by atoms with Crippen molar-refractivity contribution in [2.45, 2.75) is 20.8 Å². The van der Waals surface area contributed by atoms with E-state index in [0.29, 0.717) is 11.1 Å². The Balaban J connectivity index is 2.63. The number of nitrogens with zero attached hydrogens (tertiary/aromatic N) is 1. The SMILES string of the molecule is C=C(C)/C(=C\c1cnc(C)cc1C)c1cc(N)c(F)cc1F. The highest BCUT2D eigenvalue weighted by Gasteiger charge is 2.13. The molecule has 2 rings (SSSR count). The van der Waals surface area contributed by atoms with Crippen LogP contribution in [0.5, 0.6) is 0 Å². The van der Waals surface area contributed by atoms with Crippen LogP contribution in [0.15, 0.2) is 36.5 Å². The number of pyridine rings is 1. The van der Waals surface area contributed by atoms with Crippen molar-refractivity contribution >= 4 is 17.3 Å². The molecule has 0 spiro atoms. The number of halogens is 2. The summed E-state index contributed by atoms with van der Waals surface area (Å²) >= 11 is 0. The van der Waals surface area contributed by atoms with Crippen LogP contribution in [0.2, 0.25) is 0 Å². The molecule has 0 unspecified atom stereocenters. The standard InChI is InChI=1S/C18H18F2N2/c1-10(2)14(6-13-9-22-12(4)5-11(13)3)15-7-18(21)17(20)8-16(15)19/h5-9H,1,21H2,2-4H3/b14-6+. The highest BCUT2D eigenvalue weighted by molar-refractivity contribution is 5.91. The van der Waals surface area contributed by atoms with Crippen LogP contribution in [0.1, 0.15) is 29.3 Å². The third-order valence-corrected chi connectivity index (χ3v) is 3.42. The predicted octanol–water partition coefficient (Wildman–Crippen LogP) is 4.68. The molecule has 0 radical (unpaired) electrons. The minimum Gasteiger partial charge on any atom is -0.396 e. The Bertz CT molecular complexity index is 777. The Morgan fingerprint density at radius 2 is 1.86 bits per heavy atom. The van der Waals surface area contributed by atoms with Gasteiger partial charge in [0.25, 0.3) is 0 Å². The maximum absolute atomic E-state index is 14.1. The van der Waals surface area contributed by atoms with Gasteiger partial charge in [-0.1, -0.05) is 12.2 Å². The Morgan fingerprint density at radius 3 is 2.45 bits per heavy atom. The minimum atomic E-state index is -0.768. The first-order chi connectivity index (χ1) is 10.3. The van der Waals surface area contributed by atoms with Crippen molar-refractivity contribution in [3.63, 3.8) is 0 Å². The lowest BCUT2D eigenvalue weighted by Gasteiger charge is -2.12. The number of nitrogen functional groups attached to an aromatic ring is 1. The first-order valence-corrected chi connectivity index (χ1v) is 6.85. The molecular formula is C18H18F2N2. The fourth-order valence-electron chi connectivity index (χ4n) is 2.22. The minimum absolute atomic E-state index is 0.0951. The van der Waals surface area contributed by atoms with Crippen molar-refractivity contribution in [2.24, 2.45) is 0 Å². The molecule has 0 saturated carbocycles. The molecule has 1 heterocycles. The van der Waals surface area contributed by atoms with Crippen LogP contribution in [0, 0.1) is 25.5 Å². The highest BCUT2D eigenvalue weighted by atomic mass is 19.1. The summed E-state index contributed by atoms with van der Waals surface area (Å²) in [5.41, 5.74) is 9.69. The lowest BCUT2D eigenvalue weighted by Crippen LogP contribution is -1.98. The first kappa shape index (κ1) is 15.9. The number of aryl methyl sites for hydroxylation is 2. The van der Waals surface area contributed by atoms with Gasteiger partial charge in [0.15, 0.2) is 0 Å². The van der Waals surface area contributed by atoms with E-state index in [9.17, 15) is 8.78 Å². The summed E-state index contributed by atoms with van der Waals surface area (Å²) in [5, 5.41) is 0. The lowest BCUT2D eigenvalue weighted by atomic mass is 9.95. The van der Waals surface area contributed by atoms with E-state index < -0.39 is 11.6 Å². The van der Waals surface area contributed by atoms with Gasteiger partial charge in [-0.3, -0.25) is 4.98 Å². The Labute approximate surface area is 129 Å². The van der Waals surface area contributed by atoms with E-state index in [-0.39, 0.29) is 11.3 Å². The molecule has 1 aromatic carbocycles. The van der Waals surface area contributed by atoms with Gasteiger partial charge in [0.2, 0.25) is 0 Å². The van der Waals surface area contributed by atoms with Gasteiger partial charge in [0.05, 0.1) is 5.69 Å². The highest BCUT2D eigenvalue weighted by Crippen LogP contribution is 2.30. The molecule has 2 nitrogen and oxygen atoms in total. The number of benzene rings is 1. The number of hydrogen-bond donors (Lipinski definition) is 1. The molecule has 0 bridgehead atoms. The first-order valence-electron chi connectivity index (χ1n) is 6.85. The smallest absolute Gasteiger partial charge is 0.149 e. The summed E-state index contributed by atoms with van der Waals surface area (Å²) < 4.78 is 27.5. The number of hydrogen-bond acceptors (Lipinski definition) is 2. The molecule has 1 aromatic heterocycles. The molecule has 22 heavy (non-hydrogen) atoms. The van der Waals surface area contributed by atoms with Gasteiger partial charge in [-0.05, 0) is 55.7 Å². The van der Waals surface area contributed by atoms with E-state index in [4.69, 9.17) is 5.73 Å².